The molecule has 1 heterocycles. The molecule has 0 saturated carbocycles. The Kier molecular flexibility index (Phi) is 2.18. The largest absolute Gasteiger partial charge is 0.337 e. The molecule has 1 aliphatic heterocycles. The summed E-state index contributed by atoms with van der Waals surface area (Å²) in [6.07, 6.45) is 1.96. The number of amides is 1. The van der Waals surface area contributed by atoms with E-state index >= 15 is 0 Å². The molecular formula is C8H16N2O. The van der Waals surface area contributed by atoms with Crippen LogP contribution >= 0.6 is 0 Å². The Morgan fingerprint density at radius 3 is 2.27 bits per heavy atom. The summed E-state index contributed by atoms with van der Waals surface area (Å²) >= 11 is 0. The van der Waals surface area contributed by atoms with Gasteiger partial charge in [0, 0.05) is 0 Å². The van der Waals surface area contributed by atoms with Crippen LogP contribution < -0.4 is 5.32 Å². The van der Waals surface area contributed by atoms with Crippen LogP contribution in [-0.2, 0) is 4.79 Å². The molecule has 64 valence electrons. The molecule has 1 N–H and O–H groups in total. The Morgan fingerprint density at radius 1 is 1.55 bits per heavy atom. The molecule has 0 spiro atoms. The van der Waals surface area contributed by atoms with Gasteiger partial charge >= 0.3 is 0 Å². The molecule has 0 unspecified atom stereocenters. The van der Waals surface area contributed by atoms with Crippen LogP contribution in [0.5, 0.6) is 0 Å². The van der Waals surface area contributed by atoms with E-state index in [1.54, 1.807) is 0 Å². The van der Waals surface area contributed by atoms with Crippen molar-refractivity contribution in [2.75, 3.05) is 13.6 Å². The molecule has 3 nitrogen and oxygen atoms in total. The monoisotopic (exact) mass is 156 g/mol. The zero-order valence-corrected chi connectivity index (χ0v) is 7.48. The van der Waals surface area contributed by atoms with Crippen LogP contribution in [0.4, 0.5) is 0 Å². The van der Waals surface area contributed by atoms with Crippen molar-refractivity contribution in [3.05, 3.63) is 0 Å². The number of hydrogen-bond acceptors (Lipinski definition) is 2. The van der Waals surface area contributed by atoms with Crippen molar-refractivity contribution < 1.29 is 4.79 Å². The first-order valence-corrected chi connectivity index (χ1v) is 4.17. The third kappa shape index (κ3) is 1.25. The van der Waals surface area contributed by atoms with E-state index in [2.05, 4.69) is 24.1 Å². The lowest BCUT2D eigenvalue weighted by molar-refractivity contribution is -0.119. The Hall–Kier alpha value is -0.570. The van der Waals surface area contributed by atoms with Crippen LogP contribution in [0.3, 0.4) is 0 Å². The summed E-state index contributed by atoms with van der Waals surface area (Å²) in [6, 6.07) is 0. The van der Waals surface area contributed by atoms with E-state index in [1.165, 1.54) is 0 Å². The van der Waals surface area contributed by atoms with Crippen LogP contribution in [0.2, 0.25) is 0 Å². The standard InChI is InChI=1S/C8H16N2O/c1-4-8(5-2)9-7(11)6-10(8)3/h4-6H2,1-3H3,(H,9,11). The van der Waals surface area contributed by atoms with E-state index in [1.807, 2.05) is 7.05 Å². The minimum absolute atomic E-state index is 0.0584. The van der Waals surface area contributed by atoms with Gasteiger partial charge in [0.25, 0.3) is 0 Å². The fourth-order valence-corrected chi connectivity index (χ4v) is 1.73. The first kappa shape index (κ1) is 8.53. The highest BCUT2D eigenvalue weighted by molar-refractivity contribution is 5.81. The molecule has 1 aliphatic rings. The fourth-order valence-electron chi connectivity index (χ4n) is 1.73. The summed E-state index contributed by atoms with van der Waals surface area (Å²) in [6.45, 7) is 4.75. The summed E-state index contributed by atoms with van der Waals surface area (Å²) in [5.41, 5.74) is -0.0584. The molecule has 0 aromatic heterocycles. The number of hydrogen-bond donors (Lipinski definition) is 1. The molecule has 1 saturated heterocycles. The van der Waals surface area contributed by atoms with Crippen molar-refractivity contribution in [1.82, 2.24) is 10.2 Å². The number of nitrogens with zero attached hydrogens (tertiary/aromatic N) is 1. The Labute approximate surface area is 67.8 Å². The van der Waals surface area contributed by atoms with E-state index in [-0.39, 0.29) is 11.6 Å². The van der Waals surface area contributed by atoms with Crippen molar-refractivity contribution in [2.45, 2.75) is 32.4 Å². The Bertz CT molecular complexity index is 163. The summed E-state index contributed by atoms with van der Waals surface area (Å²) in [5, 5.41) is 3.00. The summed E-state index contributed by atoms with van der Waals surface area (Å²) < 4.78 is 0. The van der Waals surface area contributed by atoms with Crippen molar-refractivity contribution >= 4 is 5.91 Å². The highest BCUT2D eigenvalue weighted by atomic mass is 16.2. The van der Waals surface area contributed by atoms with Crippen LogP contribution in [0.25, 0.3) is 0 Å². The minimum atomic E-state index is -0.0584. The lowest BCUT2D eigenvalue weighted by Gasteiger charge is -2.33. The number of carbonyl (C=O) groups is 1. The molecule has 0 atom stereocenters. The quantitative estimate of drug-likeness (QED) is 0.633. The molecule has 3 heteroatoms. The molecule has 0 aromatic carbocycles. The van der Waals surface area contributed by atoms with Crippen LogP contribution in [0.15, 0.2) is 0 Å². The van der Waals surface area contributed by atoms with Gasteiger partial charge in [-0.2, -0.15) is 0 Å². The molecule has 1 fully saturated rings. The van der Waals surface area contributed by atoms with Crippen molar-refractivity contribution in [3.63, 3.8) is 0 Å². The van der Waals surface area contributed by atoms with E-state index in [4.69, 9.17) is 0 Å². The predicted octanol–water partition coefficient (Wildman–Crippen LogP) is 0.564. The van der Waals surface area contributed by atoms with E-state index in [0.29, 0.717) is 6.54 Å². The normalized spacial score (nSPS) is 23.7. The van der Waals surface area contributed by atoms with E-state index < -0.39 is 0 Å². The van der Waals surface area contributed by atoms with Gasteiger partial charge in [-0.1, -0.05) is 13.8 Å². The molecule has 0 radical (unpaired) electrons. The predicted molar refractivity (Wildman–Crippen MR) is 44.1 cm³/mol. The van der Waals surface area contributed by atoms with Crippen molar-refractivity contribution in [1.29, 1.82) is 0 Å². The molecular weight excluding hydrogens is 140 g/mol. The Balaban J connectivity index is 2.75. The van der Waals surface area contributed by atoms with Gasteiger partial charge in [0.1, 0.15) is 0 Å². The van der Waals surface area contributed by atoms with Gasteiger partial charge < -0.3 is 5.32 Å². The second-order valence-corrected chi connectivity index (χ2v) is 3.14. The summed E-state index contributed by atoms with van der Waals surface area (Å²) in [5.74, 6) is 0.149. The molecule has 1 rings (SSSR count). The van der Waals surface area contributed by atoms with Gasteiger partial charge in [-0.05, 0) is 19.9 Å². The van der Waals surface area contributed by atoms with E-state index in [9.17, 15) is 4.79 Å². The Morgan fingerprint density at radius 2 is 2.09 bits per heavy atom. The SMILES string of the molecule is CCC1(CC)NC(=O)CN1C. The third-order valence-corrected chi connectivity index (χ3v) is 2.65. The zero-order valence-electron chi connectivity index (χ0n) is 7.48. The zero-order chi connectivity index (χ0) is 8.48. The minimum Gasteiger partial charge on any atom is -0.337 e. The second-order valence-electron chi connectivity index (χ2n) is 3.14. The third-order valence-electron chi connectivity index (χ3n) is 2.65. The van der Waals surface area contributed by atoms with Gasteiger partial charge in [-0.3, -0.25) is 9.69 Å². The molecule has 11 heavy (non-hydrogen) atoms. The number of nitrogens with one attached hydrogen (secondary N) is 1. The number of rotatable bonds is 2. The van der Waals surface area contributed by atoms with Crippen molar-refractivity contribution in [3.8, 4) is 0 Å². The van der Waals surface area contributed by atoms with Crippen molar-refractivity contribution in [2.24, 2.45) is 0 Å². The second kappa shape index (κ2) is 2.81. The van der Waals surface area contributed by atoms with E-state index in [0.717, 1.165) is 12.8 Å². The number of likely N-dealkylation sites (N-methyl/N-ethyl adjacent to an activating group) is 1. The smallest absolute Gasteiger partial charge is 0.235 e. The van der Waals surface area contributed by atoms with Gasteiger partial charge in [0.05, 0.1) is 12.2 Å². The first-order chi connectivity index (χ1) is 5.14. The van der Waals surface area contributed by atoms with Gasteiger partial charge in [-0.25, -0.2) is 0 Å². The lowest BCUT2D eigenvalue weighted by Crippen LogP contribution is -2.49. The lowest BCUT2D eigenvalue weighted by atomic mass is 10.0. The van der Waals surface area contributed by atoms with Crippen LogP contribution in [-0.4, -0.2) is 30.1 Å². The highest BCUT2D eigenvalue weighted by Gasteiger charge is 2.38. The average molecular weight is 156 g/mol. The summed E-state index contributed by atoms with van der Waals surface area (Å²) in [4.78, 5) is 13.1. The molecule has 0 aliphatic carbocycles. The van der Waals surface area contributed by atoms with Gasteiger partial charge in [-0.15, -0.1) is 0 Å². The number of carbonyl (C=O) groups excluding carboxylic acids is 1. The maximum atomic E-state index is 11.0. The first-order valence-electron chi connectivity index (χ1n) is 4.17. The molecule has 0 bridgehead atoms. The fraction of sp³-hybridized carbons (Fsp3) is 0.875. The highest BCUT2D eigenvalue weighted by Crippen LogP contribution is 2.22. The average Bonchev–Trinajstić information content (AvgIpc) is 2.27. The molecule has 0 aromatic rings. The maximum absolute atomic E-state index is 11.0. The van der Waals surface area contributed by atoms with Gasteiger partial charge in [0.2, 0.25) is 5.91 Å². The maximum Gasteiger partial charge on any atom is 0.235 e. The topological polar surface area (TPSA) is 32.3 Å². The van der Waals surface area contributed by atoms with Crippen LogP contribution in [0, 0.1) is 0 Å². The molecule has 1 amide bonds. The summed E-state index contributed by atoms with van der Waals surface area (Å²) in [7, 11) is 1.99. The van der Waals surface area contributed by atoms with Crippen LogP contribution in [0.1, 0.15) is 26.7 Å². The van der Waals surface area contributed by atoms with Gasteiger partial charge in [0.15, 0.2) is 0 Å².